The van der Waals surface area contributed by atoms with Crippen LogP contribution in [0, 0.1) is 20.8 Å². The molecule has 0 N–H and O–H groups in total. The highest BCUT2D eigenvalue weighted by atomic mass is 32.2. The van der Waals surface area contributed by atoms with Gasteiger partial charge in [-0.1, -0.05) is 47.6 Å². The van der Waals surface area contributed by atoms with E-state index in [1.807, 2.05) is 31.2 Å². The molecule has 0 spiro atoms. The van der Waals surface area contributed by atoms with Gasteiger partial charge in [-0.3, -0.25) is 0 Å². The molecule has 0 aliphatic heterocycles. The molecule has 2 aromatic heterocycles. The molecule has 9 nitrogen and oxygen atoms in total. The SMILES string of the molecule is COCCOCN(c1onc(C)c1C)S(=O)(=O)c1ccccc1-c1ccc(-c2ncoc2C)cc1. The first-order chi connectivity index (χ1) is 16.8. The van der Waals surface area contributed by atoms with Crippen LogP contribution in [0.15, 0.2) is 68.8 Å². The van der Waals surface area contributed by atoms with Crippen molar-refractivity contribution in [1.82, 2.24) is 10.1 Å². The van der Waals surface area contributed by atoms with Gasteiger partial charge in [0.2, 0.25) is 5.88 Å². The summed E-state index contributed by atoms with van der Waals surface area (Å²) in [7, 11) is -2.53. The molecule has 0 bridgehead atoms. The smallest absolute Gasteiger partial charge is 0.269 e. The highest BCUT2D eigenvalue weighted by Crippen LogP contribution is 2.34. The Morgan fingerprint density at radius 2 is 1.69 bits per heavy atom. The zero-order chi connectivity index (χ0) is 25.0. The van der Waals surface area contributed by atoms with Crippen LogP contribution in [0.4, 0.5) is 5.88 Å². The molecule has 0 saturated carbocycles. The summed E-state index contributed by atoms with van der Waals surface area (Å²) in [6, 6.07) is 14.3. The van der Waals surface area contributed by atoms with E-state index in [2.05, 4.69) is 10.1 Å². The van der Waals surface area contributed by atoms with Crippen LogP contribution in [0.3, 0.4) is 0 Å². The van der Waals surface area contributed by atoms with Gasteiger partial charge in [0.25, 0.3) is 10.0 Å². The summed E-state index contributed by atoms with van der Waals surface area (Å²) in [6.45, 7) is 5.66. The molecule has 2 aromatic carbocycles. The molecule has 0 aliphatic carbocycles. The van der Waals surface area contributed by atoms with E-state index < -0.39 is 10.0 Å². The van der Waals surface area contributed by atoms with Crippen LogP contribution in [0.5, 0.6) is 0 Å². The first kappa shape index (κ1) is 24.6. The van der Waals surface area contributed by atoms with E-state index >= 15 is 0 Å². The number of hydrogen-bond donors (Lipinski definition) is 0. The summed E-state index contributed by atoms with van der Waals surface area (Å²) in [5.41, 5.74) is 4.12. The van der Waals surface area contributed by atoms with Gasteiger partial charge >= 0.3 is 0 Å². The highest BCUT2D eigenvalue weighted by molar-refractivity contribution is 7.93. The molecular formula is C25H27N3O6S. The van der Waals surface area contributed by atoms with Crippen molar-refractivity contribution in [2.45, 2.75) is 25.7 Å². The molecule has 0 radical (unpaired) electrons. The lowest BCUT2D eigenvalue weighted by Crippen LogP contribution is -2.34. The Kier molecular flexibility index (Phi) is 7.34. The van der Waals surface area contributed by atoms with Crippen molar-refractivity contribution in [3.05, 3.63) is 71.9 Å². The molecule has 10 heteroatoms. The number of nitrogens with zero attached hydrogens (tertiary/aromatic N) is 3. The molecule has 184 valence electrons. The number of sulfonamides is 1. The monoisotopic (exact) mass is 497 g/mol. The van der Waals surface area contributed by atoms with Crippen molar-refractivity contribution in [3.8, 4) is 22.4 Å². The van der Waals surface area contributed by atoms with Crippen LogP contribution in [0.2, 0.25) is 0 Å². The summed E-state index contributed by atoms with van der Waals surface area (Å²) in [5.74, 6) is 0.828. The van der Waals surface area contributed by atoms with Crippen LogP contribution in [-0.4, -0.2) is 45.6 Å². The average Bonchev–Trinajstić information content (AvgIpc) is 3.44. The van der Waals surface area contributed by atoms with E-state index in [1.165, 1.54) is 6.39 Å². The molecule has 0 amide bonds. The van der Waals surface area contributed by atoms with Gasteiger partial charge in [0.15, 0.2) is 6.39 Å². The number of anilines is 1. The predicted octanol–water partition coefficient (Wildman–Crippen LogP) is 4.74. The lowest BCUT2D eigenvalue weighted by atomic mass is 10.0. The summed E-state index contributed by atoms with van der Waals surface area (Å²) in [4.78, 5) is 4.37. The van der Waals surface area contributed by atoms with Crippen molar-refractivity contribution in [1.29, 1.82) is 0 Å². The number of aryl methyl sites for hydroxylation is 2. The molecule has 35 heavy (non-hydrogen) atoms. The van der Waals surface area contributed by atoms with Gasteiger partial charge in [-0.05, 0) is 32.4 Å². The van der Waals surface area contributed by atoms with E-state index in [0.717, 1.165) is 21.1 Å². The summed E-state index contributed by atoms with van der Waals surface area (Å²) in [6.07, 6.45) is 1.40. The van der Waals surface area contributed by atoms with Crippen LogP contribution in [0.25, 0.3) is 22.4 Å². The molecular weight excluding hydrogens is 470 g/mol. The Labute approximate surface area is 204 Å². The average molecular weight is 498 g/mol. The van der Waals surface area contributed by atoms with Crippen molar-refractivity contribution in [2.75, 3.05) is 31.4 Å². The number of oxazole rings is 1. The third-order valence-electron chi connectivity index (χ3n) is 5.67. The summed E-state index contributed by atoms with van der Waals surface area (Å²) >= 11 is 0. The number of hydrogen-bond acceptors (Lipinski definition) is 8. The number of ether oxygens (including phenoxy) is 2. The largest absolute Gasteiger partial charge is 0.448 e. The fraction of sp³-hybridized carbons (Fsp3) is 0.280. The van der Waals surface area contributed by atoms with Crippen LogP contribution >= 0.6 is 0 Å². The Balaban J connectivity index is 1.74. The molecule has 0 fully saturated rings. The van der Waals surface area contributed by atoms with Crippen LogP contribution < -0.4 is 4.31 Å². The molecule has 4 aromatic rings. The number of rotatable bonds is 10. The Hall–Kier alpha value is -3.47. The second kappa shape index (κ2) is 10.4. The van der Waals surface area contributed by atoms with Gasteiger partial charge in [-0.2, -0.15) is 0 Å². The first-order valence-corrected chi connectivity index (χ1v) is 12.4. The number of benzene rings is 2. The zero-order valence-electron chi connectivity index (χ0n) is 20.0. The first-order valence-electron chi connectivity index (χ1n) is 11.0. The topological polar surface area (TPSA) is 108 Å². The third kappa shape index (κ3) is 5.00. The van der Waals surface area contributed by atoms with Crippen molar-refractivity contribution < 1.29 is 26.8 Å². The van der Waals surface area contributed by atoms with Crippen LogP contribution in [-0.2, 0) is 19.5 Å². The van der Waals surface area contributed by atoms with E-state index in [9.17, 15) is 8.42 Å². The van der Waals surface area contributed by atoms with E-state index in [-0.39, 0.29) is 24.1 Å². The maximum absolute atomic E-state index is 14.0. The summed E-state index contributed by atoms with van der Waals surface area (Å²) in [5, 5.41) is 3.94. The number of aromatic nitrogens is 2. The van der Waals surface area contributed by atoms with Gasteiger partial charge in [0, 0.05) is 23.8 Å². The number of methoxy groups -OCH3 is 1. The Morgan fingerprint density at radius 3 is 2.31 bits per heavy atom. The normalized spacial score (nSPS) is 11.7. The lowest BCUT2D eigenvalue weighted by molar-refractivity contribution is 0.0744. The second-order valence-corrected chi connectivity index (χ2v) is 9.74. The lowest BCUT2D eigenvalue weighted by Gasteiger charge is -2.23. The standard InChI is InChI=1S/C25H27N3O6S/c1-17-18(2)27-34-25(17)28(16-32-14-13-31-4)35(29,30)23-8-6-5-7-22(23)20-9-11-21(12-10-20)24-19(3)33-15-26-24/h5-12,15H,13-14,16H2,1-4H3. The van der Waals surface area contributed by atoms with Gasteiger partial charge in [-0.15, -0.1) is 0 Å². The molecule has 0 aliphatic rings. The Morgan fingerprint density at radius 1 is 0.971 bits per heavy atom. The minimum atomic E-state index is -4.08. The molecule has 0 atom stereocenters. The van der Waals surface area contributed by atoms with Gasteiger partial charge in [0.1, 0.15) is 18.2 Å². The predicted molar refractivity (Wildman–Crippen MR) is 130 cm³/mol. The molecule has 0 unspecified atom stereocenters. The third-order valence-corrected chi connectivity index (χ3v) is 7.43. The van der Waals surface area contributed by atoms with E-state index in [1.54, 1.807) is 45.2 Å². The van der Waals surface area contributed by atoms with Gasteiger partial charge in [0.05, 0.1) is 23.8 Å². The fourth-order valence-corrected chi connectivity index (χ4v) is 5.16. The second-order valence-electron chi connectivity index (χ2n) is 7.91. The molecule has 0 saturated heterocycles. The molecule has 4 rings (SSSR count). The highest BCUT2D eigenvalue weighted by Gasteiger charge is 2.32. The quantitative estimate of drug-likeness (QED) is 0.228. The fourth-order valence-electron chi connectivity index (χ4n) is 3.60. The molecule has 2 heterocycles. The summed E-state index contributed by atoms with van der Waals surface area (Å²) < 4.78 is 50.3. The van der Waals surface area contributed by atoms with Crippen molar-refractivity contribution in [3.63, 3.8) is 0 Å². The van der Waals surface area contributed by atoms with E-state index in [0.29, 0.717) is 29.2 Å². The van der Waals surface area contributed by atoms with Gasteiger partial charge in [-0.25, -0.2) is 17.7 Å². The maximum Gasteiger partial charge on any atom is 0.269 e. The van der Waals surface area contributed by atoms with Gasteiger partial charge < -0.3 is 18.4 Å². The van der Waals surface area contributed by atoms with Crippen molar-refractivity contribution in [2.24, 2.45) is 0 Å². The minimum Gasteiger partial charge on any atom is -0.448 e. The zero-order valence-corrected chi connectivity index (χ0v) is 20.8. The Bertz CT molecular complexity index is 1390. The van der Waals surface area contributed by atoms with E-state index in [4.69, 9.17) is 18.4 Å². The van der Waals surface area contributed by atoms with Crippen LogP contribution in [0.1, 0.15) is 17.0 Å². The van der Waals surface area contributed by atoms with Crippen molar-refractivity contribution >= 4 is 15.9 Å². The maximum atomic E-state index is 14.0. The minimum absolute atomic E-state index is 0.117.